The molecule has 1 aromatic heterocycles. The number of ether oxygens (including phenoxy) is 2. The number of hydrogen-bond acceptors (Lipinski definition) is 4. The number of methoxy groups -OCH3 is 2. The van der Waals surface area contributed by atoms with E-state index < -0.39 is 0 Å². The van der Waals surface area contributed by atoms with E-state index in [2.05, 4.69) is 9.97 Å². The fourth-order valence-corrected chi connectivity index (χ4v) is 1.95. The molecule has 1 aromatic carbocycles. The maximum atomic E-state index is 11.8. The van der Waals surface area contributed by atoms with Crippen molar-refractivity contribution in [3.63, 3.8) is 0 Å². The number of rotatable bonds is 4. The van der Waals surface area contributed by atoms with Crippen LogP contribution < -0.4 is 15.0 Å². The van der Waals surface area contributed by atoms with Crippen LogP contribution in [-0.2, 0) is 6.42 Å². The second-order valence-corrected chi connectivity index (χ2v) is 4.01. The number of aromatic nitrogens is 2. The van der Waals surface area contributed by atoms with Gasteiger partial charge in [-0.15, -0.1) is 0 Å². The molecular weight excluding hydrogens is 244 g/mol. The molecule has 0 unspecified atom stereocenters. The molecule has 1 N–H and O–H groups in total. The average Bonchev–Trinajstić information content (AvgIpc) is 2.46. The van der Waals surface area contributed by atoms with Crippen molar-refractivity contribution in [2.75, 3.05) is 14.2 Å². The molecule has 0 aliphatic carbocycles. The molecule has 5 heteroatoms. The van der Waals surface area contributed by atoms with Crippen molar-refractivity contribution < 1.29 is 9.47 Å². The molecule has 5 nitrogen and oxygen atoms in total. The molecule has 0 fully saturated rings. The first-order valence-corrected chi connectivity index (χ1v) is 5.99. The van der Waals surface area contributed by atoms with Crippen LogP contribution in [0.5, 0.6) is 11.5 Å². The molecule has 1 heterocycles. The molecule has 0 saturated heterocycles. The molecule has 0 bridgehead atoms. The van der Waals surface area contributed by atoms with Gasteiger partial charge in [0, 0.05) is 17.2 Å². The maximum absolute atomic E-state index is 11.8. The Bertz CT molecular complexity index is 613. The van der Waals surface area contributed by atoms with Crippen molar-refractivity contribution in [1.29, 1.82) is 0 Å². The topological polar surface area (TPSA) is 64.2 Å². The molecule has 0 amide bonds. The van der Waals surface area contributed by atoms with Crippen LogP contribution in [0.3, 0.4) is 0 Å². The Labute approximate surface area is 111 Å². The van der Waals surface area contributed by atoms with Crippen LogP contribution in [0, 0.1) is 0 Å². The molecule has 2 rings (SSSR count). The van der Waals surface area contributed by atoms with Gasteiger partial charge in [-0.05, 0) is 18.6 Å². The molecule has 0 atom stereocenters. The largest absolute Gasteiger partial charge is 0.497 e. The van der Waals surface area contributed by atoms with Gasteiger partial charge in [0.05, 0.1) is 26.2 Å². The van der Waals surface area contributed by atoms with E-state index in [4.69, 9.17) is 9.47 Å². The Morgan fingerprint density at radius 3 is 2.32 bits per heavy atom. The number of aromatic amines is 1. The first-order chi connectivity index (χ1) is 9.19. The van der Waals surface area contributed by atoms with Gasteiger partial charge in [0.25, 0.3) is 5.56 Å². The minimum Gasteiger partial charge on any atom is -0.497 e. The highest BCUT2D eigenvalue weighted by Crippen LogP contribution is 2.29. The number of nitrogens with zero attached hydrogens (tertiary/aromatic N) is 1. The first kappa shape index (κ1) is 13.1. The summed E-state index contributed by atoms with van der Waals surface area (Å²) in [5, 5.41) is 0. The third-order valence-electron chi connectivity index (χ3n) is 2.93. The van der Waals surface area contributed by atoms with Gasteiger partial charge in [-0.2, -0.15) is 0 Å². The normalized spacial score (nSPS) is 10.3. The lowest BCUT2D eigenvalue weighted by Crippen LogP contribution is -2.14. The van der Waals surface area contributed by atoms with Gasteiger partial charge < -0.3 is 14.5 Å². The standard InChI is InChI=1S/C14H16N2O3/c1-4-12-13(15-8-16-14(12)17)9-5-10(18-2)7-11(6-9)19-3/h5-8H,4H2,1-3H3,(H,15,16,17). The summed E-state index contributed by atoms with van der Waals surface area (Å²) >= 11 is 0. The van der Waals surface area contributed by atoms with E-state index in [9.17, 15) is 4.79 Å². The van der Waals surface area contributed by atoms with E-state index in [0.29, 0.717) is 29.2 Å². The van der Waals surface area contributed by atoms with E-state index in [1.807, 2.05) is 19.1 Å². The van der Waals surface area contributed by atoms with Crippen LogP contribution in [0.1, 0.15) is 12.5 Å². The van der Waals surface area contributed by atoms with Crippen molar-refractivity contribution >= 4 is 0 Å². The lowest BCUT2D eigenvalue weighted by Gasteiger charge is -2.10. The monoisotopic (exact) mass is 260 g/mol. The summed E-state index contributed by atoms with van der Waals surface area (Å²) in [6, 6.07) is 5.45. The summed E-state index contributed by atoms with van der Waals surface area (Å²) in [4.78, 5) is 18.6. The minimum atomic E-state index is -0.116. The summed E-state index contributed by atoms with van der Waals surface area (Å²) < 4.78 is 10.5. The van der Waals surface area contributed by atoms with Gasteiger partial charge in [0.2, 0.25) is 0 Å². The third kappa shape index (κ3) is 2.59. The predicted octanol–water partition coefficient (Wildman–Crippen LogP) is 2.02. The maximum Gasteiger partial charge on any atom is 0.254 e. The Hall–Kier alpha value is -2.30. The summed E-state index contributed by atoms with van der Waals surface area (Å²) in [6.45, 7) is 1.92. The quantitative estimate of drug-likeness (QED) is 0.913. The van der Waals surface area contributed by atoms with Crippen molar-refractivity contribution in [2.24, 2.45) is 0 Å². The second kappa shape index (κ2) is 5.56. The highest BCUT2D eigenvalue weighted by Gasteiger charge is 2.11. The zero-order valence-corrected chi connectivity index (χ0v) is 11.2. The number of hydrogen-bond donors (Lipinski definition) is 1. The Kier molecular flexibility index (Phi) is 3.85. The van der Waals surface area contributed by atoms with Crippen LogP contribution in [-0.4, -0.2) is 24.2 Å². The van der Waals surface area contributed by atoms with Crippen molar-refractivity contribution in [2.45, 2.75) is 13.3 Å². The summed E-state index contributed by atoms with van der Waals surface area (Å²) in [6.07, 6.45) is 2.01. The number of H-pyrrole nitrogens is 1. The van der Waals surface area contributed by atoms with E-state index in [-0.39, 0.29) is 5.56 Å². The molecule has 0 radical (unpaired) electrons. The molecule has 0 spiro atoms. The van der Waals surface area contributed by atoms with Crippen LogP contribution in [0.15, 0.2) is 29.3 Å². The fraction of sp³-hybridized carbons (Fsp3) is 0.286. The van der Waals surface area contributed by atoms with Crippen molar-refractivity contribution in [1.82, 2.24) is 9.97 Å². The zero-order valence-electron chi connectivity index (χ0n) is 11.2. The lowest BCUT2D eigenvalue weighted by atomic mass is 10.0. The lowest BCUT2D eigenvalue weighted by molar-refractivity contribution is 0.394. The van der Waals surface area contributed by atoms with Gasteiger partial charge in [-0.1, -0.05) is 6.92 Å². The number of benzene rings is 1. The molecular formula is C14H16N2O3. The molecule has 0 aliphatic heterocycles. The molecule has 0 aliphatic rings. The number of nitrogens with one attached hydrogen (secondary N) is 1. The SMILES string of the molecule is CCc1c(-c2cc(OC)cc(OC)c2)nc[nH]c1=O. The Morgan fingerprint density at radius 2 is 1.79 bits per heavy atom. The van der Waals surface area contributed by atoms with Crippen LogP contribution in [0.4, 0.5) is 0 Å². The van der Waals surface area contributed by atoms with Gasteiger partial charge in [0.1, 0.15) is 11.5 Å². The van der Waals surface area contributed by atoms with E-state index >= 15 is 0 Å². The highest BCUT2D eigenvalue weighted by molar-refractivity contribution is 5.66. The average molecular weight is 260 g/mol. The van der Waals surface area contributed by atoms with Gasteiger partial charge in [-0.3, -0.25) is 4.79 Å². The van der Waals surface area contributed by atoms with Crippen LogP contribution in [0.2, 0.25) is 0 Å². The van der Waals surface area contributed by atoms with Crippen LogP contribution in [0.25, 0.3) is 11.3 Å². The second-order valence-electron chi connectivity index (χ2n) is 4.01. The minimum absolute atomic E-state index is 0.116. The van der Waals surface area contributed by atoms with Gasteiger partial charge in [0.15, 0.2) is 0 Å². The third-order valence-corrected chi connectivity index (χ3v) is 2.93. The van der Waals surface area contributed by atoms with E-state index in [1.54, 1.807) is 20.3 Å². The van der Waals surface area contributed by atoms with Gasteiger partial charge >= 0.3 is 0 Å². The van der Waals surface area contributed by atoms with E-state index in [0.717, 1.165) is 5.56 Å². The molecule has 0 saturated carbocycles. The molecule has 2 aromatic rings. The van der Waals surface area contributed by atoms with Crippen molar-refractivity contribution in [3.8, 4) is 22.8 Å². The summed E-state index contributed by atoms with van der Waals surface area (Å²) in [5.41, 5.74) is 2.00. The summed E-state index contributed by atoms with van der Waals surface area (Å²) in [7, 11) is 3.18. The zero-order chi connectivity index (χ0) is 13.8. The van der Waals surface area contributed by atoms with Crippen LogP contribution >= 0.6 is 0 Å². The Morgan fingerprint density at radius 1 is 1.16 bits per heavy atom. The van der Waals surface area contributed by atoms with Gasteiger partial charge in [-0.25, -0.2) is 4.98 Å². The highest BCUT2D eigenvalue weighted by atomic mass is 16.5. The molecule has 19 heavy (non-hydrogen) atoms. The summed E-state index contributed by atoms with van der Waals surface area (Å²) in [5.74, 6) is 1.33. The smallest absolute Gasteiger partial charge is 0.254 e. The van der Waals surface area contributed by atoms with E-state index in [1.165, 1.54) is 6.33 Å². The molecule has 100 valence electrons. The predicted molar refractivity (Wildman–Crippen MR) is 72.8 cm³/mol. The first-order valence-electron chi connectivity index (χ1n) is 5.99. The fourth-order valence-electron chi connectivity index (χ4n) is 1.95. The van der Waals surface area contributed by atoms with Crippen molar-refractivity contribution in [3.05, 3.63) is 40.4 Å². The Balaban J connectivity index is 2.64.